The minimum Gasteiger partial charge on any atom is -0.388 e. The van der Waals surface area contributed by atoms with Gasteiger partial charge >= 0.3 is 0 Å². The molecule has 1 unspecified atom stereocenters. The van der Waals surface area contributed by atoms with Crippen molar-refractivity contribution in [3.63, 3.8) is 0 Å². The smallest absolute Gasteiger partial charge is 0.0841 e. The molecule has 1 heterocycles. The lowest BCUT2D eigenvalue weighted by Crippen LogP contribution is -2.53. The molecule has 1 aromatic rings. The highest BCUT2D eigenvalue weighted by Crippen LogP contribution is 2.24. The fraction of sp³-hybridized carbons (Fsp3) is 0.647. The molecule has 118 valence electrons. The largest absolute Gasteiger partial charge is 0.388 e. The van der Waals surface area contributed by atoms with E-state index in [1.54, 1.807) is 0 Å². The quantitative estimate of drug-likeness (QED) is 0.802. The van der Waals surface area contributed by atoms with Gasteiger partial charge in [-0.2, -0.15) is 0 Å². The van der Waals surface area contributed by atoms with E-state index < -0.39 is 5.60 Å². The molecule has 1 aliphatic rings. The van der Waals surface area contributed by atoms with Crippen LogP contribution in [0.25, 0.3) is 0 Å². The first-order chi connectivity index (χ1) is 10.1. The van der Waals surface area contributed by atoms with Gasteiger partial charge in [-0.25, -0.2) is 0 Å². The highest BCUT2D eigenvalue weighted by atomic mass is 16.5. The van der Waals surface area contributed by atoms with Gasteiger partial charge in [-0.1, -0.05) is 30.3 Å². The Bertz CT molecular complexity index is 405. The van der Waals surface area contributed by atoms with Gasteiger partial charge in [0.05, 0.1) is 5.60 Å². The summed E-state index contributed by atoms with van der Waals surface area (Å²) in [7, 11) is 2.13. The second-order valence-corrected chi connectivity index (χ2v) is 6.12. The van der Waals surface area contributed by atoms with E-state index in [0.29, 0.717) is 13.2 Å². The number of rotatable bonds is 7. The molecule has 1 fully saturated rings. The van der Waals surface area contributed by atoms with E-state index in [0.717, 1.165) is 32.5 Å². The summed E-state index contributed by atoms with van der Waals surface area (Å²) in [6, 6.07) is 10.6. The molecule has 1 aliphatic heterocycles. The molecule has 1 aromatic carbocycles. The molecule has 21 heavy (non-hydrogen) atoms. The molecule has 0 amide bonds. The maximum Gasteiger partial charge on any atom is 0.0841 e. The van der Waals surface area contributed by atoms with E-state index in [9.17, 15) is 5.11 Å². The molecule has 0 aliphatic carbocycles. The van der Waals surface area contributed by atoms with Gasteiger partial charge in [0.25, 0.3) is 0 Å². The number of hydrogen-bond acceptors (Lipinski definition) is 4. The molecular formula is C17H28N2O2. The fourth-order valence-electron chi connectivity index (χ4n) is 2.79. The van der Waals surface area contributed by atoms with Crippen LogP contribution in [0.15, 0.2) is 30.3 Å². The monoisotopic (exact) mass is 292 g/mol. The summed E-state index contributed by atoms with van der Waals surface area (Å²) in [5.41, 5.74) is 0.715. The van der Waals surface area contributed by atoms with Crippen LogP contribution in [0.2, 0.25) is 0 Å². The number of likely N-dealkylation sites (N-methyl/N-ethyl adjacent to an activating group) is 1. The number of nitrogens with zero attached hydrogens (tertiary/aromatic N) is 1. The van der Waals surface area contributed by atoms with Crippen LogP contribution in [0.4, 0.5) is 0 Å². The molecule has 2 rings (SSSR count). The third-order valence-corrected chi connectivity index (χ3v) is 4.40. The van der Waals surface area contributed by atoms with Crippen LogP contribution in [-0.2, 0) is 11.3 Å². The normalized spacial score (nSPS) is 19.6. The summed E-state index contributed by atoms with van der Waals surface area (Å²) in [5.74, 6) is 0. The zero-order valence-electron chi connectivity index (χ0n) is 13.2. The summed E-state index contributed by atoms with van der Waals surface area (Å²) in [6.07, 6.45) is 1.45. The van der Waals surface area contributed by atoms with Gasteiger partial charge in [-0.3, -0.25) is 0 Å². The zero-order chi connectivity index (χ0) is 15.1. The van der Waals surface area contributed by atoms with Crippen LogP contribution in [0.5, 0.6) is 0 Å². The molecule has 1 atom stereocenters. The first-order valence-corrected chi connectivity index (χ1v) is 7.86. The standard InChI is InChI=1S/C17H28N2O2/c1-15(17(20)8-12-21-13-9-17)18-10-11-19(2)14-16-6-4-3-5-7-16/h3-7,15,18,20H,8-14H2,1-2H3. The maximum atomic E-state index is 10.6. The van der Waals surface area contributed by atoms with E-state index in [1.807, 2.05) is 6.07 Å². The maximum absolute atomic E-state index is 10.6. The fourth-order valence-corrected chi connectivity index (χ4v) is 2.79. The summed E-state index contributed by atoms with van der Waals surface area (Å²) < 4.78 is 5.33. The van der Waals surface area contributed by atoms with Crippen molar-refractivity contribution in [3.8, 4) is 0 Å². The lowest BCUT2D eigenvalue weighted by molar-refractivity contribution is -0.0817. The van der Waals surface area contributed by atoms with Gasteiger partial charge in [0.1, 0.15) is 0 Å². The van der Waals surface area contributed by atoms with Crippen molar-refractivity contribution in [1.82, 2.24) is 10.2 Å². The Morgan fingerprint density at radius 3 is 2.62 bits per heavy atom. The second-order valence-electron chi connectivity index (χ2n) is 6.12. The third-order valence-electron chi connectivity index (χ3n) is 4.40. The summed E-state index contributed by atoms with van der Waals surface area (Å²) in [4.78, 5) is 2.29. The minimum absolute atomic E-state index is 0.103. The molecular weight excluding hydrogens is 264 g/mol. The molecule has 2 N–H and O–H groups in total. The second kappa shape index (κ2) is 7.90. The summed E-state index contributed by atoms with van der Waals surface area (Å²) >= 11 is 0. The van der Waals surface area contributed by atoms with E-state index >= 15 is 0 Å². The number of nitrogens with one attached hydrogen (secondary N) is 1. The van der Waals surface area contributed by atoms with E-state index in [-0.39, 0.29) is 6.04 Å². The number of hydrogen-bond donors (Lipinski definition) is 2. The Morgan fingerprint density at radius 2 is 1.95 bits per heavy atom. The average molecular weight is 292 g/mol. The first kappa shape index (κ1) is 16.4. The predicted molar refractivity (Wildman–Crippen MR) is 85.2 cm³/mol. The van der Waals surface area contributed by atoms with Gasteiger partial charge in [0.2, 0.25) is 0 Å². The van der Waals surface area contributed by atoms with E-state index in [2.05, 4.69) is 48.5 Å². The molecule has 0 saturated carbocycles. The van der Waals surface area contributed by atoms with E-state index in [4.69, 9.17) is 4.74 Å². The number of aliphatic hydroxyl groups is 1. The number of ether oxygens (including phenoxy) is 1. The predicted octanol–water partition coefficient (Wildman–Crippen LogP) is 1.64. The lowest BCUT2D eigenvalue weighted by Gasteiger charge is -2.38. The Labute approximate surface area is 128 Å². The van der Waals surface area contributed by atoms with Crippen LogP contribution in [0.3, 0.4) is 0 Å². The number of benzene rings is 1. The van der Waals surface area contributed by atoms with Crippen molar-refractivity contribution < 1.29 is 9.84 Å². The summed E-state index contributed by atoms with van der Waals surface area (Å²) in [6.45, 7) is 6.20. The molecule has 0 bridgehead atoms. The van der Waals surface area contributed by atoms with Gasteiger partial charge < -0.3 is 20.1 Å². The minimum atomic E-state index is -0.615. The topological polar surface area (TPSA) is 44.7 Å². The van der Waals surface area contributed by atoms with Crippen molar-refractivity contribution in [3.05, 3.63) is 35.9 Å². The van der Waals surface area contributed by atoms with Crippen molar-refractivity contribution in [2.45, 2.75) is 38.0 Å². The average Bonchev–Trinajstić information content (AvgIpc) is 2.49. The van der Waals surface area contributed by atoms with Crippen LogP contribution >= 0.6 is 0 Å². The molecule has 1 saturated heterocycles. The van der Waals surface area contributed by atoms with Crippen molar-refractivity contribution >= 4 is 0 Å². The molecule has 0 radical (unpaired) electrons. The highest BCUT2D eigenvalue weighted by Gasteiger charge is 2.35. The Hall–Kier alpha value is -0.940. The molecule has 0 aromatic heterocycles. The van der Waals surface area contributed by atoms with Gasteiger partial charge in [0, 0.05) is 51.7 Å². The highest BCUT2D eigenvalue weighted by molar-refractivity contribution is 5.14. The third kappa shape index (κ3) is 5.08. The van der Waals surface area contributed by atoms with Crippen molar-refractivity contribution in [1.29, 1.82) is 0 Å². The Balaban J connectivity index is 1.68. The Morgan fingerprint density at radius 1 is 1.29 bits per heavy atom. The van der Waals surface area contributed by atoms with E-state index in [1.165, 1.54) is 5.56 Å². The van der Waals surface area contributed by atoms with Crippen LogP contribution in [0, 0.1) is 0 Å². The van der Waals surface area contributed by atoms with Crippen molar-refractivity contribution in [2.24, 2.45) is 0 Å². The lowest BCUT2D eigenvalue weighted by atomic mass is 9.87. The van der Waals surface area contributed by atoms with Crippen LogP contribution in [-0.4, -0.2) is 55.0 Å². The van der Waals surface area contributed by atoms with Crippen molar-refractivity contribution in [2.75, 3.05) is 33.4 Å². The van der Waals surface area contributed by atoms with Gasteiger partial charge in [-0.05, 0) is 19.5 Å². The SMILES string of the molecule is CC(NCCN(C)Cc1ccccc1)C1(O)CCOCC1. The molecule has 0 spiro atoms. The molecule has 4 heteroatoms. The zero-order valence-corrected chi connectivity index (χ0v) is 13.2. The van der Waals surface area contributed by atoms with Gasteiger partial charge in [-0.15, -0.1) is 0 Å². The molecule has 4 nitrogen and oxygen atoms in total. The van der Waals surface area contributed by atoms with Gasteiger partial charge in [0.15, 0.2) is 0 Å². The van der Waals surface area contributed by atoms with Crippen LogP contribution < -0.4 is 5.32 Å². The Kier molecular flexibility index (Phi) is 6.18. The summed E-state index contributed by atoms with van der Waals surface area (Å²) in [5, 5.41) is 14.0. The first-order valence-electron chi connectivity index (χ1n) is 7.86. The van der Waals surface area contributed by atoms with Crippen LogP contribution in [0.1, 0.15) is 25.3 Å².